The average Bonchev–Trinajstić information content (AvgIpc) is 2.99. The predicted molar refractivity (Wildman–Crippen MR) is 69.1 cm³/mol. The molecule has 2 heterocycles. The van der Waals surface area contributed by atoms with Crippen molar-refractivity contribution in [2.24, 2.45) is 0 Å². The van der Waals surface area contributed by atoms with E-state index in [2.05, 4.69) is 42.0 Å². The van der Waals surface area contributed by atoms with Gasteiger partial charge < -0.3 is 8.98 Å². The van der Waals surface area contributed by atoms with E-state index in [-0.39, 0.29) is 0 Å². The number of hydrogen-bond acceptors (Lipinski definition) is 1. The molecule has 0 aliphatic heterocycles. The first-order chi connectivity index (χ1) is 8.38. The summed E-state index contributed by atoms with van der Waals surface area (Å²) in [6.45, 7) is 3.07. The fourth-order valence-corrected chi connectivity index (χ4v) is 2.34. The number of fused-ring (bicyclic) bond motifs is 1. The summed E-state index contributed by atoms with van der Waals surface area (Å²) in [5, 5.41) is 1.31. The van der Waals surface area contributed by atoms with Gasteiger partial charge in [-0.15, -0.1) is 0 Å². The number of rotatable bonds is 3. The second-order valence-corrected chi connectivity index (χ2v) is 4.28. The largest absolute Gasteiger partial charge is 0.472 e. The molecule has 0 fully saturated rings. The lowest BCUT2D eigenvalue weighted by Crippen LogP contribution is -1.98. The van der Waals surface area contributed by atoms with Gasteiger partial charge in [0.15, 0.2) is 0 Å². The molecule has 2 nitrogen and oxygen atoms in total. The first-order valence-corrected chi connectivity index (χ1v) is 5.96. The third kappa shape index (κ3) is 1.76. The summed E-state index contributed by atoms with van der Waals surface area (Å²) < 4.78 is 7.41. The lowest BCUT2D eigenvalue weighted by Gasteiger charge is -2.07. The van der Waals surface area contributed by atoms with E-state index in [0.29, 0.717) is 0 Å². The summed E-state index contributed by atoms with van der Waals surface area (Å²) in [4.78, 5) is 0. The number of hydrogen-bond donors (Lipinski definition) is 0. The zero-order valence-corrected chi connectivity index (χ0v) is 9.89. The zero-order valence-electron chi connectivity index (χ0n) is 9.89. The minimum atomic E-state index is 0.872. The Labute approximate surface area is 100 Å². The quantitative estimate of drug-likeness (QED) is 0.662. The van der Waals surface area contributed by atoms with Crippen molar-refractivity contribution < 1.29 is 4.42 Å². The van der Waals surface area contributed by atoms with Crippen molar-refractivity contribution in [1.29, 1.82) is 0 Å². The van der Waals surface area contributed by atoms with Gasteiger partial charge in [0.2, 0.25) is 0 Å². The second kappa shape index (κ2) is 4.13. The maximum Gasteiger partial charge on any atom is 0.0952 e. The summed E-state index contributed by atoms with van der Waals surface area (Å²) in [5.74, 6) is 0. The van der Waals surface area contributed by atoms with Gasteiger partial charge in [-0.05, 0) is 29.5 Å². The second-order valence-electron chi connectivity index (χ2n) is 4.28. The van der Waals surface area contributed by atoms with E-state index in [1.165, 1.54) is 22.0 Å². The van der Waals surface area contributed by atoms with Crippen LogP contribution in [0.1, 0.15) is 18.1 Å². The summed E-state index contributed by atoms with van der Waals surface area (Å²) in [6, 6.07) is 10.7. The first-order valence-electron chi connectivity index (χ1n) is 5.96. The average molecular weight is 225 g/mol. The molecule has 86 valence electrons. The van der Waals surface area contributed by atoms with Crippen LogP contribution in [0.3, 0.4) is 0 Å². The van der Waals surface area contributed by atoms with E-state index in [1.807, 2.05) is 6.07 Å². The third-order valence-electron chi connectivity index (χ3n) is 3.19. The van der Waals surface area contributed by atoms with E-state index < -0.39 is 0 Å². The topological polar surface area (TPSA) is 18.1 Å². The van der Waals surface area contributed by atoms with Crippen molar-refractivity contribution in [3.05, 3.63) is 60.2 Å². The molecule has 0 aliphatic rings. The van der Waals surface area contributed by atoms with Gasteiger partial charge in [0.1, 0.15) is 0 Å². The van der Waals surface area contributed by atoms with Crippen LogP contribution in [0.15, 0.2) is 53.5 Å². The standard InChI is InChI=1S/C15H15NO/c1-2-13-4-3-5-14-6-8-16(15(13)14)10-12-7-9-17-11-12/h3-9,11H,2,10H2,1H3. The molecule has 3 rings (SSSR count). The highest BCUT2D eigenvalue weighted by molar-refractivity contribution is 5.83. The Morgan fingerprint density at radius 2 is 2.12 bits per heavy atom. The van der Waals surface area contributed by atoms with Gasteiger partial charge in [-0.2, -0.15) is 0 Å². The molecule has 1 aromatic carbocycles. The number of aryl methyl sites for hydroxylation is 1. The third-order valence-corrected chi connectivity index (χ3v) is 3.19. The normalized spacial score (nSPS) is 11.1. The van der Waals surface area contributed by atoms with Crippen LogP contribution in [-0.2, 0) is 13.0 Å². The fraction of sp³-hybridized carbons (Fsp3) is 0.200. The van der Waals surface area contributed by atoms with Crippen LogP contribution >= 0.6 is 0 Å². The van der Waals surface area contributed by atoms with Crippen molar-refractivity contribution >= 4 is 10.9 Å². The highest BCUT2D eigenvalue weighted by Gasteiger charge is 2.06. The Morgan fingerprint density at radius 3 is 2.88 bits per heavy atom. The van der Waals surface area contributed by atoms with Crippen LogP contribution in [0.2, 0.25) is 0 Å². The van der Waals surface area contributed by atoms with Crippen LogP contribution in [0.4, 0.5) is 0 Å². The van der Waals surface area contributed by atoms with Crippen LogP contribution in [-0.4, -0.2) is 4.57 Å². The minimum Gasteiger partial charge on any atom is -0.472 e. The predicted octanol–water partition coefficient (Wildman–Crippen LogP) is 3.85. The number of nitrogens with zero attached hydrogens (tertiary/aromatic N) is 1. The lowest BCUT2D eigenvalue weighted by atomic mass is 10.1. The molecule has 0 radical (unpaired) electrons. The molecule has 0 unspecified atom stereocenters. The van der Waals surface area contributed by atoms with Gasteiger partial charge in [0.05, 0.1) is 24.6 Å². The van der Waals surface area contributed by atoms with Crippen molar-refractivity contribution in [3.8, 4) is 0 Å². The molecule has 0 N–H and O–H groups in total. The van der Waals surface area contributed by atoms with Crippen LogP contribution < -0.4 is 0 Å². The minimum absolute atomic E-state index is 0.872. The Balaban J connectivity index is 2.10. The maximum atomic E-state index is 5.12. The SMILES string of the molecule is CCc1cccc2ccn(Cc3ccoc3)c12. The number of para-hydroxylation sites is 1. The van der Waals surface area contributed by atoms with Crippen molar-refractivity contribution in [2.45, 2.75) is 19.9 Å². The summed E-state index contributed by atoms with van der Waals surface area (Å²) >= 11 is 0. The van der Waals surface area contributed by atoms with Crippen LogP contribution in [0.5, 0.6) is 0 Å². The molecule has 0 amide bonds. The van der Waals surface area contributed by atoms with Gasteiger partial charge in [0.25, 0.3) is 0 Å². The van der Waals surface area contributed by atoms with Crippen molar-refractivity contribution in [1.82, 2.24) is 4.57 Å². The molecule has 0 aliphatic carbocycles. The molecule has 3 aromatic rings. The van der Waals surface area contributed by atoms with E-state index in [9.17, 15) is 0 Å². The Bertz CT molecular complexity index is 619. The van der Waals surface area contributed by atoms with E-state index in [4.69, 9.17) is 4.42 Å². The van der Waals surface area contributed by atoms with Crippen LogP contribution in [0, 0.1) is 0 Å². The molecule has 0 saturated heterocycles. The Morgan fingerprint density at radius 1 is 1.18 bits per heavy atom. The molecule has 0 bridgehead atoms. The molecule has 0 spiro atoms. The maximum absolute atomic E-state index is 5.12. The van der Waals surface area contributed by atoms with Gasteiger partial charge in [-0.3, -0.25) is 0 Å². The highest BCUT2D eigenvalue weighted by atomic mass is 16.3. The number of aromatic nitrogens is 1. The fourth-order valence-electron chi connectivity index (χ4n) is 2.34. The highest BCUT2D eigenvalue weighted by Crippen LogP contribution is 2.22. The molecule has 2 heteroatoms. The number of benzene rings is 1. The Hall–Kier alpha value is -1.96. The van der Waals surface area contributed by atoms with Crippen LogP contribution in [0.25, 0.3) is 10.9 Å². The van der Waals surface area contributed by atoms with E-state index in [1.54, 1.807) is 12.5 Å². The molecular formula is C15H15NO. The summed E-state index contributed by atoms with van der Waals surface area (Å²) in [5.41, 5.74) is 3.95. The van der Waals surface area contributed by atoms with E-state index >= 15 is 0 Å². The molecule has 2 aromatic heterocycles. The molecular weight excluding hydrogens is 210 g/mol. The zero-order chi connectivity index (χ0) is 11.7. The molecule has 17 heavy (non-hydrogen) atoms. The molecule has 0 atom stereocenters. The van der Waals surface area contributed by atoms with E-state index in [0.717, 1.165) is 13.0 Å². The Kier molecular flexibility index (Phi) is 2.48. The van der Waals surface area contributed by atoms with Gasteiger partial charge in [-0.25, -0.2) is 0 Å². The lowest BCUT2D eigenvalue weighted by molar-refractivity contribution is 0.562. The summed E-state index contributed by atoms with van der Waals surface area (Å²) in [7, 11) is 0. The monoisotopic (exact) mass is 225 g/mol. The van der Waals surface area contributed by atoms with Gasteiger partial charge in [0, 0.05) is 11.8 Å². The summed E-state index contributed by atoms with van der Waals surface area (Å²) in [6.07, 6.45) is 6.74. The van der Waals surface area contributed by atoms with Gasteiger partial charge in [-0.1, -0.05) is 25.1 Å². The van der Waals surface area contributed by atoms with Crippen molar-refractivity contribution in [2.75, 3.05) is 0 Å². The first kappa shape index (κ1) is 10.2. The smallest absolute Gasteiger partial charge is 0.0952 e. The van der Waals surface area contributed by atoms with Gasteiger partial charge >= 0.3 is 0 Å². The molecule has 0 saturated carbocycles. The van der Waals surface area contributed by atoms with Crippen molar-refractivity contribution in [3.63, 3.8) is 0 Å². The number of furan rings is 1.